The Hall–Kier alpha value is -0.660. The van der Waals surface area contributed by atoms with Crippen LogP contribution in [-0.4, -0.2) is 37.3 Å². The fourth-order valence-corrected chi connectivity index (χ4v) is 4.76. The molecule has 2 N–H and O–H groups in total. The number of carboxylic acids is 1. The number of thioether (sulfide) groups is 1. The van der Waals surface area contributed by atoms with Crippen molar-refractivity contribution in [1.29, 1.82) is 0 Å². The number of aryl methyl sites for hydroxylation is 1. The highest BCUT2D eigenvalue weighted by Gasteiger charge is 2.48. The zero-order valence-electron chi connectivity index (χ0n) is 10.8. The van der Waals surface area contributed by atoms with Crippen molar-refractivity contribution in [2.75, 3.05) is 0 Å². The first-order valence-corrected chi connectivity index (χ1v) is 8.21. The summed E-state index contributed by atoms with van der Waals surface area (Å²) >= 11 is 3.09. The summed E-state index contributed by atoms with van der Waals surface area (Å²) in [5.41, 5.74) is -0.710. The fourth-order valence-electron chi connectivity index (χ4n) is 2.57. The molecule has 2 saturated carbocycles. The summed E-state index contributed by atoms with van der Waals surface area (Å²) in [6.45, 7) is 1.88. The van der Waals surface area contributed by atoms with Gasteiger partial charge in [0.05, 0.1) is 0 Å². The van der Waals surface area contributed by atoms with Gasteiger partial charge in [0.25, 0.3) is 0 Å². The van der Waals surface area contributed by atoms with Gasteiger partial charge in [-0.05, 0) is 50.6 Å². The third kappa shape index (κ3) is 2.93. The van der Waals surface area contributed by atoms with E-state index in [4.69, 9.17) is 0 Å². The van der Waals surface area contributed by atoms with Crippen LogP contribution in [0, 0.1) is 6.92 Å². The molecule has 0 aliphatic heterocycles. The van der Waals surface area contributed by atoms with Crippen LogP contribution in [-0.2, 0) is 4.79 Å². The predicted octanol–water partition coefficient (Wildman–Crippen LogP) is 2.07. The van der Waals surface area contributed by atoms with Gasteiger partial charge in [-0.1, -0.05) is 11.8 Å². The van der Waals surface area contributed by atoms with Crippen LogP contribution in [0.2, 0.25) is 0 Å². The number of hydrogen-bond donors (Lipinski definition) is 2. The standard InChI is InChI=1S/C12H17N3O2S2/c1-7-13-11(19-15-7)18-9-4-5-12(6-9,10(16)17)14-8-2-3-8/h8-9,14H,2-6H2,1H3,(H,16,17). The molecule has 3 rings (SSSR count). The van der Waals surface area contributed by atoms with E-state index in [9.17, 15) is 9.90 Å². The molecule has 1 aromatic rings. The summed E-state index contributed by atoms with van der Waals surface area (Å²) in [7, 11) is 0. The van der Waals surface area contributed by atoms with E-state index in [2.05, 4.69) is 14.7 Å². The molecule has 0 spiro atoms. The molecule has 1 aromatic heterocycles. The number of hydrogen-bond acceptors (Lipinski definition) is 6. The molecule has 0 amide bonds. The molecule has 0 bridgehead atoms. The largest absolute Gasteiger partial charge is 0.480 e. The molecule has 0 aromatic carbocycles. The van der Waals surface area contributed by atoms with Gasteiger partial charge >= 0.3 is 5.97 Å². The summed E-state index contributed by atoms with van der Waals surface area (Å²) < 4.78 is 5.12. The second-order valence-corrected chi connectivity index (χ2v) is 7.70. The van der Waals surface area contributed by atoms with E-state index in [1.165, 1.54) is 11.5 Å². The van der Waals surface area contributed by atoms with Crippen molar-refractivity contribution in [2.24, 2.45) is 0 Å². The highest BCUT2D eigenvalue weighted by molar-refractivity contribution is 8.01. The van der Waals surface area contributed by atoms with Crippen molar-refractivity contribution in [3.63, 3.8) is 0 Å². The Balaban J connectivity index is 1.65. The van der Waals surface area contributed by atoms with Crippen molar-refractivity contribution in [3.05, 3.63) is 5.82 Å². The second-order valence-electron chi connectivity index (χ2n) is 5.40. The first-order chi connectivity index (χ1) is 9.07. The van der Waals surface area contributed by atoms with E-state index in [0.717, 1.165) is 29.4 Å². The number of aromatic nitrogens is 2. The fraction of sp³-hybridized carbons (Fsp3) is 0.750. The molecule has 2 atom stereocenters. The van der Waals surface area contributed by atoms with Gasteiger partial charge in [0, 0.05) is 11.3 Å². The highest BCUT2D eigenvalue weighted by atomic mass is 32.2. The molecule has 2 aliphatic rings. The SMILES string of the molecule is Cc1nsc(SC2CCC(NC3CC3)(C(=O)O)C2)n1. The van der Waals surface area contributed by atoms with Crippen molar-refractivity contribution >= 4 is 29.3 Å². The molecule has 7 heteroatoms. The van der Waals surface area contributed by atoms with Gasteiger partial charge in [-0.25, -0.2) is 4.98 Å². The highest BCUT2D eigenvalue weighted by Crippen LogP contribution is 2.42. The number of carbonyl (C=O) groups is 1. The number of nitrogens with zero attached hydrogens (tertiary/aromatic N) is 2. The average molecular weight is 299 g/mol. The Morgan fingerprint density at radius 2 is 2.32 bits per heavy atom. The number of aliphatic carboxylic acids is 1. The molecule has 2 fully saturated rings. The van der Waals surface area contributed by atoms with Gasteiger partial charge in [0.15, 0.2) is 4.34 Å². The summed E-state index contributed by atoms with van der Waals surface area (Å²) in [4.78, 5) is 15.9. The Labute approximate surface area is 120 Å². The quantitative estimate of drug-likeness (QED) is 0.867. The van der Waals surface area contributed by atoms with E-state index >= 15 is 0 Å². The lowest BCUT2D eigenvalue weighted by Crippen LogP contribution is -2.51. The monoisotopic (exact) mass is 299 g/mol. The number of rotatable bonds is 5. The van der Waals surface area contributed by atoms with Crippen LogP contribution in [0.4, 0.5) is 0 Å². The summed E-state index contributed by atoms with van der Waals surface area (Å²) in [5, 5.41) is 13.2. The molecule has 2 unspecified atom stereocenters. The summed E-state index contributed by atoms with van der Waals surface area (Å²) in [6, 6.07) is 0.420. The summed E-state index contributed by atoms with van der Waals surface area (Å²) in [5.74, 6) is 0.0991. The first kappa shape index (κ1) is 13.3. The lowest BCUT2D eigenvalue weighted by atomic mass is 9.98. The maximum Gasteiger partial charge on any atom is 0.323 e. The minimum atomic E-state index is -0.710. The summed E-state index contributed by atoms with van der Waals surface area (Å²) in [6.07, 6.45) is 4.55. The number of carboxylic acid groups (broad SMARTS) is 1. The normalized spacial score (nSPS) is 30.7. The molecular weight excluding hydrogens is 282 g/mol. The maximum absolute atomic E-state index is 11.6. The Morgan fingerprint density at radius 3 is 2.89 bits per heavy atom. The third-order valence-corrected chi connectivity index (χ3v) is 5.86. The van der Waals surface area contributed by atoms with Gasteiger partial charge in [0.1, 0.15) is 11.4 Å². The maximum atomic E-state index is 11.6. The molecule has 1 heterocycles. The Bertz CT molecular complexity index is 489. The van der Waals surface area contributed by atoms with Crippen molar-refractivity contribution in [3.8, 4) is 0 Å². The molecular formula is C12H17N3O2S2. The minimum Gasteiger partial charge on any atom is -0.480 e. The average Bonchev–Trinajstić information content (AvgIpc) is 2.92. The van der Waals surface area contributed by atoms with E-state index in [-0.39, 0.29) is 0 Å². The molecule has 0 saturated heterocycles. The smallest absolute Gasteiger partial charge is 0.323 e. The molecule has 5 nitrogen and oxygen atoms in total. The zero-order chi connectivity index (χ0) is 13.5. The molecule has 19 heavy (non-hydrogen) atoms. The lowest BCUT2D eigenvalue weighted by molar-refractivity contribution is -0.144. The Morgan fingerprint density at radius 1 is 1.53 bits per heavy atom. The van der Waals surface area contributed by atoms with Gasteiger partial charge < -0.3 is 5.11 Å². The van der Waals surface area contributed by atoms with Gasteiger partial charge in [-0.3, -0.25) is 10.1 Å². The molecule has 0 radical (unpaired) electrons. The van der Waals surface area contributed by atoms with Gasteiger partial charge in [-0.2, -0.15) is 4.37 Å². The minimum absolute atomic E-state index is 0.328. The Kier molecular flexibility index (Phi) is 3.53. The van der Waals surface area contributed by atoms with Crippen LogP contribution >= 0.6 is 23.3 Å². The lowest BCUT2D eigenvalue weighted by Gasteiger charge is -2.25. The van der Waals surface area contributed by atoms with Crippen LogP contribution in [0.1, 0.15) is 37.9 Å². The number of nitrogens with one attached hydrogen (secondary N) is 1. The van der Waals surface area contributed by atoms with Crippen LogP contribution in [0.25, 0.3) is 0 Å². The van der Waals surface area contributed by atoms with Crippen LogP contribution in [0.5, 0.6) is 0 Å². The van der Waals surface area contributed by atoms with Crippen molar-refractivity contribution in [2.45, 2.75) is 60.2 Å². The van der Waals surface area contributed by atoms with Crippen LogP contribution in [0.3, 0.4) is 0 Å². The van der Waals surface area contributed by atoms with Gasteiger partial charge in [0.2, 0.25) is 0 Å². The van der Waals surface area contributed by atoms with Crippen LogP contribution < -0.4 is 5.32 Å². The van der Waals surface area contributed by atoms with E-state index in [0.29, 0.717) is 24.1 Å². The van der Waals surface area contributed by atoms with Crippen molar-refractivity contribution < 1.29 is 9.90 Å². The van der Waals surface area contributed by atoms with Crippen LogP contribution in [0.15, 0.2) is 4.34 Å². The first-order valence-electron chi connectivity index (χ1n) is 6.55. The van der Waals surface area contributed by atoms with E-state index < -0.39 is 11.5 Å². The van der Waals surface area contributed by atoms with E-state index in [1.54, 1.807) is 11.8 Å². The van der Waals surface area contributed by atoms with Gasteiger partial charge in [-0.15, -0.1) is 0 Å². The zero-order valence-corrected chi connectivity index (χ0v) is 12.4. The van der Waals surface area contributed by atoms with E-state index in [1.807, 2.05) is 6.92 Å². The molecule has 104 valence electrons. The predicted molar refractivity (Wildman–Crippen MR) is 74.7 cm³/mol. The van der Waals surface area contributed by atoms with Crippen molar-refractivity contribution in [1.82, 2.24) is 14.7 Å². The molecule has 2 aliphatic carbocycles. The second kappa shape index (κ2) is 5.03. The third-order valence-electron chi connectivity index (χ3n) is 3.71. The topological polar surface area (TPSA) is 75.1 Å².